The Morgan fingerprint density at radius 2 is 1.91 bits per heavy atom. The molecule has 3 aliphatic rings. The lowest BCUT2D eigenvalue weighted by Gasteiger charge is -2.39. The number of hydrogen-bond acceptors (Lipinski definition) is 3. The van der Waals surface area contributed by atoms with E-state index in [4.69, 9.17) is 4.74 Å². The third-order valence-electron chi connectivity index (χ3n) is 4.62. The van der Waals surface area contributed by atoms with Crippen molar-refractivity contribution in [1.29, 1.82) is 0 Å². The number of aliphatic hydroxyl groups excluding tert-OH is 1. The number of nitrogens with zero attached hydrogens (tertiary/aromatic N) is 1. The molecule has 3 nitrogen and oxygen atoms in total. The molecular formula is C16H16F3NO2. The van der Waals surface area contributed by atoms with Gasteiger partial charge >= 0.3 is 6.18 Å². The number of rotatable bonds is 0. The van der Waals surface area contributed by atoms with Crippen molar-refractivity contribution in [3.05, 3.63) is 28.8 Å². The number of hydrogen-bond donors (Lipinski definition) is 1. The largest absolute Gasteiger partial charge is 0.460 e. The van der Waals surface area contributed by atoms with Crippen molar-refractivity contribution >= 4 is 11.3 Å². The molecule has 4 rings (SSSR count). The monoisotopic (exact) mass is 311 g/mol. The van der Waals surface area contributed by atoms with E-state index in [1.807, 2.05) is 0 Å². The van der Waals surface area contributed by atoms with E-state index in [1.165, 1.54) is 0 Å². The van der Waals surface area contributed by atoms with E-state index in [-0.39, 0.29) is 11.3 Å². The number of anilines is 1. The van der Waals surface area contributed by atoms with Crippen molar-refractivity contribution in [2.24, 2.45) is 0 Å². The Labute approximate surface area is 126 Å². The third kappa shape index (κ3) is 2.00. The van der Waals surface area contributed by atoms with Gasteiger partial charge in [0.1, 0.15) is 5.75 Å². The summed E-state index contributed by atoms with van der Waals surface area (Å²) in [5, 5.41) is 9.69. The fraction of sp³-hybridized carbons (Fsp3) is 0.500. The molecule has 1 unspecified atom stereocenters. The van der Waals surface area contributed by atoms with E-state index in [9.17, 15) is 18.3 Å². The third-order valence-corrected chi connectivity index (χ3v) is 4.62. The van der Waals surface area contributed by atoms with Crippen LogP contribution in [0.3, 0.4) is 0 Å². The summed E-state index contributed by atoms with van der Waals surface area (Å²) in [6.07, 6.45) is -1.95. The number of allylic oxidation sites excluding steroid dienone is 1. The van der Waals surface area contributed by atoms with Gasteiger partial charge in [0.05, 0.1) is 5.57 Å². The Kier molecular flexibility index (Phi) is 2.95. The number of fused-ring (bicyclic) bond motifs is 2. The zero-order valence-corrected chi connectivity index (χ0v) is 11.9. The molecule has 3 heterocycles. The normalized spacial score (nSPS) is 23.4. The van der Waals surface area contributed by atoms with Gasteiger partial charge in [-0.15, -0.1) is 0 Å². The molecule has 0 spiro atoms. The lowest BCUT2D eigenvalue weighted by Crippen LogP contribution is -2.36. The molecule has 118 valence electrons. The van der Waals surface area contributed by atoms with E-state index in [0.29, 0.717) is 6.42 Å². The van der Waals surface area contributed by atoms with Gasteiger partial charge in [0, 0.05) is 29.9 Å². The molecule has 1 aromatic rings. The molecule has 0 saturated carbocycles. The number of aryl methyl sites for hydroxylation is 1. The second-order valence-electron chi connectivity index (χ2n) is 6.02. The lowest BCUT2D eigenvalue weighted by molar-refractivity contribution is -0.0729. The summed E-state index contributed by atoms with van der Waals surface area (Å²) < 4.78 is 45.3. The maximum Gasteiger partial charge on any atom is 0.417 e. The van der Waals surface area contributed by atoms with Crippen LogP contribution in [0.2, 0.25) is 0 Å². The zero-order valence-electron chi connectivity index (χ0n) is 11.9. The first-order valence-corrected chi connectivity index (χ1v) is 7.53. The molecule has 1 atom stereocenters. The summed E-state index contributed by atoms with van der Waals surface area (Å²) in [7, 11) is 0. The van der Waals surface area contributed by atoms with Crippen molar-refractivity contribution < 1.29 is 23.0 Å². The highest BCUT2D eigenvalue weighted by molar-refractivity contribution is 5.82. The van der Waals surface area contributed by atoms with E-state index in [0.717, 1.165) is 55.2 Å². The van der Waals surface area contributed by atoms with Crippen molar-refractivity contribution in [3.8, 4) is 5.75 Å². The summed E-state index contributed by atoms with van der Waals surface area (Å²) in [5.41, 5.74) is 2.12. The highest BCUT2D eigenvalue weighted by atomic mass is 19.4. The molecule has 0 fully saturated rings. The van der Waals surface area contributed by atoms with Crippen LogP contribution in [0.1, 0.15) is 29.5 Å². The van der Waals surface area contributed by atoms with Crippen LogP contribution in [0.5, 0.6) is 5.75 Å². The van der Waals surface area contributed by atoms with Crippen LogP contribution in [0.25, 0.3) is 5.57 Å². The maximum absolute atomic E-state index is 13.3. The number of benzene rings is 1. The zero-order chi connectivity index (χ0) is 15.5. The standard InChI is InChI=1S/C16H16F3NO2/c17-16(18,19)12-8-13(21)22-15-10-4-2-6-20-5-1-3-9(14(10)20)7-11(12)15/h7-8,13,21H,1-6H2. The van der Waals surface area contributed by atoms with Gasteiger partial charge < -0.3 is 14.7 Å². The second kappa shape index (κ2) is 4.65. The topological polar surface area (TPSA) is 32.7 Å². The molecule has 22 heavy (non-hydrogen) atoms. The average molecular weight is 311 g/mol. The fourth-order valence-electron chi connectivity index (χ4n) is 3.80. The van der Waals surface area contributed by atoms with Gasteiger partial charge in [-0.1, -0.05) is 0 Å². The van der Waals surface area contributed by atoms with Crippen LogP contribution in [0.15, 0.2) is 12.1 Å². The SMILES string of the molecule is OC1C=C(C(F)(F)F)c2cc3c4c(c2O1)CCCN4CCC3. The van der Waals surface area contributed by atoms with Crippen molar-refractivity contribution in [1.82, 2.24) is 0 Å². The van der Waals surface area contributed by atoms with Gasteiger partial charge in [0.2, 0.25) is 6.29 Å². The quantitative estimate of drug-likeness (QED) is 0.799. The average Bonchev–Trinajstić information content (AvgIpc) is 2.47. The van der Waals surface area contributed by atoms with Gasteiger partial charge in [-0.25, -0.2) is 0 Å². The summed E-state index contributed by atoms with van der Waals surface area (Å²) in [4.78, 5) is 2.24. The highest BCUT2D eigenvalue weighted by Gasteiger charge is 2.41. The van der Waals surface area contributed by atoms with E-state index < -0.39 is 18.0 Å². The molecule has 0 aromatic heterocycles. The Morgan fingerprint density at radius 3 is 2.64 bits per heavy atom. The van der Waals surface area contributed by atoms with Crippen LogP contribution in [-0.2, 0) is 12.8 Å². The number of aliphatic hydroxyl groups is 1. The van der Waals surface area contributed by atoms with Crippen LogP contribution < -0.4 is 9.64 Å². The van der Waals surface area contributed by atoms with Crippen LogP contribution in [0.4, 0.5) is 18.9 Å². The van der Waals surface area contributed by atoms with Gasteiger partial charge in [-0.05, 0) is 43.4 Å². The van der Waals surface area contributed by atoms with E-state index in [1.54, 1.807) is 6.07 Å². The lowest BCUT2D eigenvalue weighted by atomic mass is 9.86. The second-order valence-corrected chi connectivity index (χ2v) is 6.02. The molecule has 0 amide bonds. The molecule has 0 saturated heterocycles. The Morgan fingerprint density at radius 1 is 1.18 bits per heavy atom. The van der Waals surface area contributed by atoms with Gasteiger partial charge in [0.25, 0.3) is 0 Å². The predicted octanol–water partition coefficient (Wildman–Crippen LogP) is 3.04. The van der Waals surface area contributed by atoms with E-state index >= 15 is 0 Å². The van der Waals surface area contributed by atoms with Gasteiger partial charge in [-0.3, -0.25) is 0 Å². The minimum absolute atomic E-state index is 0.0790. The minimum Gasteiger partial charge on any atom is -0.460 e. The minimum atomic E-state index is -4.50. The number of alkyl halides is 3. The van der Waals surface area contributed by atoms with Crippen LogP contribution in [0, 0.1) is 0 Å². The number of ether oxygens (including phenoxy) is 1. The molecule has 1 N–H and O–H groups in total. The Bertz CT molecular complexity index is 664. The van der Waals surface area contributed by atoms with Gasteiger partial charge in [-0.2, -0.15) is 13.2 Å². The summed E-state index contributed by atoms with van der Waals surface area (Å²) in [5.74, 6) is 0.215. The van der Waals surface area contributed by atoms with Crippen LogP contribution >= 0.6 is 0 Å². The fourth-order valence-corrected chi connectivity index (χ4v) is 3.80. The molecular weight excluding hydrogens is 295 g/mol. The molecule has 6 heteroatoms. The smallest absolute Gasteiger partial charge is 0.417 e. The van der Waals surface area contributed by atoms with E-state index in [2.05, 4.69) is 4.90 Å². The number of halogens is 3. The molecule has 3 aliphatic heterocycles. The Balaban J connectivity index is 1.96. The molecule has 0 radical (unpaired) electrons. The summed E-state index contributed by atoms with van der Waals surface area (Å²) in [6, 6.07) is 1.61. The molecule has 1 aromatic carbocycles. The highest BCUT2D eigenvalue weighted by Crippen LogP contribution is 2.49. The first kappa shape index (κ1) is 13.9. The molecule has 0 bridgehead atoms. The first-order valence-electron chi connectivity index (χ1n) is 7.53. The summed E-state index contributed by atoms with van der Waals surface area (Å²) in [6.45, 7) is 1.87. The van der Waals surface area contributed by atoms with Crippen molar-refractivity contribution in [2.75, 3.05) is 18.0 Å². The Hall–Kier alpha value is -1.69. The van der Waals surface area contributed by atoms with Crippen LogP contribution in [-0.4, -0.2) is 30.7 Å². The summed E-state index contributed by atoms with van der Waals surface area (Å²) >= 11 is 0. The predicted molar refractivity (Wildman–Crippen MR) is 76.0 cm³/mol. The molecule has 0 aliphatic carbocycles. The first-order chi connectivity index (χ1) is 10.4. The van der Waals surface area contributed by atoms with Crippen molar-refractivity contribution in [3.63, 3.8) is 0 Å². The van der Waals surface area contributed by atoms with Crippen molar-refractivity contribution in [2.45, 2.75) is 38.1 Å². The maximum atomic E-state index is 13.3. The van der Waals surface area contributed by atoms with Gasteiger partial charge in [0.15, 0.2) is 0 Å².